The molecule has 2 heterocycles. The summed E-state index contributed by atoms with van der Waals surface area (Å²) < 4.78 is 5.94. The summed E-state index contributed by atoms with van der Waals surface area (Å²) in [5.74, 6) is 0. The van der Waals surface area contributed by atoms with E-state index in [9.17, 15) is 0 Å². The molecule has 0 bridgehead atoms. The molecule has 2 rings (SSSR count). The first-order chi connectivity index (χ1) is 7.57. The van der Waals surface area contributed by atoms with Gasteiger partial charge >= 0.3 is 0 Å². The lowest BCUT2D eigenvalue weighted by atomic mass is 10.1. The van der Waals surface area contributed by atoms with E-state index in [2.05, 4.69) is 36.8 Å². The van der Waals surface area contributed by atoms with Crippen molar-refractivity contribution >= 4 is 11.3 Å². The van der Waals surface area contributed by atoms with Crippen molar-refractivity contribution in [2.45, 2.75) is 51.9 Å². The Kier molecular flexibility index (Phi) is 3.67. The predicted molar refractivity (Wildman–Crippen MR) is 68.9 cm³/mol. The molecule has 1 aliphatic rings. The Labute approximate surface area is 102 Å². The van der Waals surface area contributed by atoms with Gasteiger partial charge in [-0.05, 0) is 55.5 Å². The molecule has 1 aliphatic heterocycles. The summed E-state index contributed by atoms with van der Waals surface area (Å²) in [6.07, 6.45) is 2.76. The lowest BCUT2D eigenvalue weighted by Gasteiger charge is -2.19. The van der Waals surface area contributed by atoms with Crippen LogP contribution in [0.5, 0.6) is 0 Å². The Balaban J connectivity index is 1.71. The highest BCUT2D eigenvalue weighted by atomic mass is 32.1. The van der Waals surface area contributed by atoms with Gasteiger partial charge in [-0.15, -0.1) is 0 Å². The second kappa shape index (κ2) is 4.86. The average molecular weight is 239 g/mol. The monoisotopic (exact) mass is 239 g/mol. The van der Waals surface area contributed by atoms with E-state index < -0.39 is 0 Å². The van der Waals surface area contributed by atoms with Crippen LogP contribution in [0, 0.1) is 6.92 Å². The highest BCUT2D eigenvalue weighted by molar-refractivity contribution is 7.08. The van der Waals surface area contributed by atoms with Gasteiger partial charge in [0.25, 0.3) is 0 Å². The minimum atomic E-state index is 0.0879. The minimum Gasteiger partial charge on any atom is -0.371 e. The van der Waals surface area contributed by atoms with E-state index in [0.717, 1.165) is 13.1 Å². The quantitative estimate of drug-likeness (QED) is 0.871. The number of rotatable bonds is 4. The summed E-state index contributed by atoms with van der Waals surface area (Å²) in [4.78, 5) is 0. The Morgan fingerprint density at radius 1 is 1.50 bits per heavy atom. The van der Waals surface area contributed by atoms with Gasteiger partial charge in [0.1, 0.15) is 0 Å². The van der Waals surface area contributed by atoms with E-state index in [1.165, 1.54) is 24.0 Å². The van der Waals surface area contributed by atoms with Crippen LogP contribution in [-0.4, -0.2) is 18.2 Å². The van der Waals surface area contributed by atoms with Crippen LogP contribution in [0.15, 0.2) is 10.8 Å². The largest absolute Gasteiger partial charge is 0.371 e. The van der Waals surface area contributed by atoms with E-state index in [-0.39, 0.29) is 5.60 Å². The molecule has 0 saturated carbocycles. The van der Waals surface area contributed by atoms with E-state index in [1.54, 1.807) is 11.3 Å². The van der Waals surface area contributed by atoms with E-state index in [1.807, 2.05) is 0 Å². The van der Waals surface area contributed by atoms with Crippen molar-refractivity contribution in [2.24, 2.45) is 0 Å². The zero-order chi connectivity index (χ0) is 11.6. The van der Waals surface area contributed by atoms with Crippen LogP contribution in [0.2, 0.25) is 0 Å². The number of ether oxygens (including phenoxy) is 1. The van der Waals surface area contributed by atoms with E-state index in [0.29, 0.717) is 6.10 Å². The molecule has 2 nitrogen and oxygen atoms in total. The van der Waals surface area contributed by atoms with Crippen LogP contribution in [-0.2, 0) is 11.3 Å². The van der Waals surface area contributed by atoms with Crippen LogP contribution in [0.3, 0.4) is 0 Å². The molecule has 1 aromatic heterocycles. The summed E-state index contributed by atoms with van der Waals surface area (Å²) >= 11 is 1.78. The van der Waals surface area contributed by atoms with Crippen LogP contribution < -0.4 is 5.32 Å². The van der Waals surface area contributed by atoms with Crippen molar-refractivity contribution in [3.8, 4) is 0 Å². The van der Waals surface area contributed by atoms with E-state index >= 15 is 0 Å². The first-order valence-corrected chi connectivity index (χ1v) is 6.91. The Morgan fingerprint density at radius 3 is 2.88 bits per heavy atom. The summed E-state index contributed by atoms with van der Waals surface area (Å²) in [5.41, 5.74) is 2.90. The summed E-state index contributed by atoms with van der Waals surface area (Å²) in [6.45, 7) is 8.46. The van der Waals surface area contributed by atoms with Gasteiger partial charge in [0.15, 0.2) is 0 Å². The third-order valence-electron chi connectivity index (χ3n) is 3.20. The maximum atomic E-state index is 5.94. The number of hydrogen-bond acceptors (Lipinski definition) is 3. The smallest absolute Gasteiger partial charge is 0.0707 e. The standard InChI is InChI=1S/C13H21NOS/c1-10-8-16-9-11(10)6-14-7-12-4-5-13(2,3)15-12/h8-9,12,14H,4-7H2,1-3H3. The molecule has 1 atom stereocenters. The molecule has 0 aliphatic carbocycles. The molecule has 1 fully saturated rings. The van der Waals surface area contributed by atoms with Crippen molar-refractivity contribution in [1.29, 1.82) is 0 Å². The fourth-order valence-electron chi connectivity index (χ4n) is 2.16. The van der Waals surface area contributed by atoms with Crippen molar-refractivity contribution in [3.63, 3.8) is 0 Å². The van der Waals surface area contributed by atoms with Crippen LogP contribution in [0.4, 0.5) is 0 Å². The minimum absolute atomic E-state index is 0.0879. The SMILES string of the molecule is Cc1cscc1CNCC1CCC(C)(C)O1. The Morgan fingerprint density at radius 2 is 2.31 bits per heavy atom. The van der Waals surface area contributed by atoms with Crippen LogP contribution in [0.25, 0.3) is 0 Å². The van der Waals surface area contributed by atoms with Crippen LogP contribution >= 0.6 is 11.3 Å². The molecule has 16 heavy (non-hydrogen) atoms. The maximum Gasteiger partial charge on any atom is 0.0707 e. The number of aryl methyl sites for hydroxylation is 1. The van der Waals surface area contributed by atoms with Crippen molar-refractivity contribution in [1.82, 2.24) is 5.32 Å². The topological polar surface area (TPSA) is 21.3 Å². The molecule has 0 radical (unpaired) electrons. The molecule has 1 aromatic rings. The van der Waals surface area contributed by atoms with E-state index in [4.69, 9.17) is 4.74 Å². The second-order valence-electron chi connectivity index (χ2n) is 5.25. The summed E-state index contributed by atoms with van der Waals surface area (Å²) in [6, 6.07) is 0. The zero-order valence-corrected chi connectivity index (χ0v) is 11.2. The number of hydrogen-bond donors (Lipinski definition) is 1. The summed E-state index contributed by atoms with van der Waals surface area (Å²) in [7, 11) is 0. The lowest BCUT2D eigenvalue weighted by molar-refractivity contribution is -0.0142. The first-order valence-electron chi connectivity index (χ1n) is 5.97. The van der Waals surface area contributed by atoms with Crippen LogP contribution in [0.1, 0.15) is 37.8 Å². The van der Waals surface area contributed by atoms with Crippen molar-refractivity contribution in [3.05, 3.63) is 21.9 Å². The summed E-state index contributed by atoms with van der Waals surface area (Å²) in [5, 5.41) is 7.91. The van der Waals surface area contributed by atoms with Gasteiger partial charge < -0.3 is 10.1 Å². The van der Waals surface area contributed by atoms with Gasteiger partial charge in [-0.3, -0.25) is 0 Å². The number of nitrogens with one attached hydrogen (secondary N) is 1. The molecule has 3 heteroatoms. The van der Waals surface area contributed by atoms with Gasteiger partial charge in [0.2, 0.25) is 0 Å². The fraction of sp³-hybridized carbons (Fsp3) is 0.692. The first kappa shape index (κ1) is 12.1. The molecular weight excluding hydrogens is 218 g/mol. The normalized spacial score (nSPS) is 23.8. The third-order valence-corrected chi connectivity index (χ3v) is 4.11. The molecule has 1 N–H and O–H groups in total. The molecule has 0 amide bonds. The fourth-order valence-corrected chi connectivity index (χ4v) is 3.01. The average Bonchev–Trinajstić information content (AvgIpc) is 2.74. The maximum absolute atomic E-state index is 5.94. The Hall–Kier alpha value is -0.380. The van der Waals surface area contributed by atoms with Gasteiger partial charge in [-0.2, -0.15) is 11.3 Å². The Bertz CT molecular complexity index is 345. The molecule has 1 unspecified atom stereocenters. The van der Waals surface area contributed by atoms with Crippen molar-refractivity contribution in [2.75, 3.05) is 6.54 Å². The van der Waals surface area contributed by atoms with Gasteiger partial charge in [-0.25, -0.2) is 0 Å². The van der Waals surface area contributed by atoms with Gasteiger partial charge in [-0.1, -0.05) is 0 Å². The lowest BCUT2D eigenvalue weighted by Crippen LogP contribution is -2.29. The zero-order valence-electron chi connectivity index (χ0n) is 10.4. The highest BCUT2D eigenvalue weighted by Crippen LogP contribution is 2.28. The molecule has 0 aromatic carbocycles. The molecule has 90 valence electrons. The van der Waals surface area contributed by atoms with Gasteiger partial charge in [0.05, 0.1) is 11.7 Å². The second-order valence-corrected chi connectivity index (χ2v) is 5.99. The molecule has 0 spiro atoms. The highest BCUT2D eigenvalue weighted by Gasteiger charge is 2.31. The molecule has 1 saturated heterocycles. The number of thiophene rings is 1. The third kappa shape index (κ3) is 3.06. The van der Waals surface area contributed by atoms with Gasteiger partial charge in [0, 0.05) is 13.1 Å². The molecular formula is C13H21NOS. The predicted octanol–water partition coefficient (Wildman–Crippen LogP) is 3.10. The van der Waals surface area contributed by atoms with Crippen molar-refractivity contribution < 1.29 is 4.74 Å².